The summed E-state index contributed by atoms with van der Waals surface area (Å²) in [7, 11) is 0. The molecule has 0 radical (unpaired) electrons. The van der Waals surface area contributed by atoms with E-state index in [1.807, 2.05) is 12.1 Å². The maximum Gasteiger partial charge on any atom is 0.410 e. The third-order valence-corrected chi connectivity index (χ3v) is 4.21. The largest absolute Gasteiger partial charge is 0.444 e. The Morgan fingerprint density at radius 2 is 1.88 bits per heavy atom. The Balaban J connectivity index is 1.86. The smallest absolute Gasteiger partial charge is 0.410 e. The summed E-state index contributed by atoms with van der Waals surface area (Å²) in [6.07, 6.45) is -0.178. The molecule has 1 aromatic rings. The lowest BCUT2D eigenvalue weighted by molar-refractivity contribution is 0.0269. The zero-order valence-corrected chi connectivity index (χ0v) is 15.4. The van der Waals surface area contributed by atoms with Crippen molar-refractivity contribution >= 4 is 12.0 Å². The van der Waals surface area contributed by atoms with E-state index in [0.29, 0.717) is 18.7 Å². The van der Waals surface area contributed by atoms with Crippen LogP contribution in [0, 0.1) is 5.92 Å². The summed E-state index contributed by atoms with van der Waals surface area (Å²) in [5.41, 5.74) is 1.20. The molecule has 1 aromatic carbocycles. The number of amides is 2. The number of hydrogen-bond acceptors (Lipinski definition) is 4. The summed E-state index contributed by atoms with van der Waals surface area (Å²) in [5, 5.41) is 13.0. The fourth-order valence-electron chi connectivity index (χ4n) is 2.75. The molecule has 0 unspecified atom stereocenters. The van der Waals surface area contributed by atoms with Gasteiger partial charge in [-0.15, -0.1) is 0 Å². The van der Waals surface area contributed by atoms with Gasteiger partial charge < -0.3 is 20.1 Å². The normalized spacial score (nSPS) is 20.4. The van der Waals surface area contributed by atoms with Crippen LogP contribution in [0.3, 0.4) is 0 Å². The van der Waals surface area contributed by atoms with Crippen LogP contribution in [0.1, 0.15) is 43.6 Å². The second-order valence-corrected chi connectivity index (χ2v) is 7.47. The van der Waals surface area contributed by atoms with Gasteiger partial charge >= 0.3 is 6.09 Å². The van der Waals surface area contributed by atoms with E-state index >= 15 is 0 Å². The highest BCUT2D eigenvalue weighted by Crippen LogP contribution is 2.19. The number of aliphatic hydroxyl groups excluding tert-OH is 1. The van der Waals surface area contributed by atoms with Gasteiger partial charge in [-0.2, -0.15) is 0 Å². The second-order valence-electron chi connectivity index (χ2n) is 7.47. The minimum absolute atomic E-state index is 0.175. The summed E-state index contributed by atoms with van der Waals surface area (Å²) in [6, 6.07) is 7.46. The fraction of sp³-hybridized carbons (Fsp3) is 0.579. The lowest BCUT2D eigenvalue weighted by atomic mass is 10.1. The third kappa shape index (κ3) is 5.46. The lowest BCUT2D eigenvalue weighted by Gasteiger charge is -2.24. The summed E-state index contributed by atoms with van der Waals surface area (Å²) in [6.45, 7) is 8.38. The van der Waals surface area contributed by atoms with E-state index < -0.39 is 17.8 Å². The SMILES string of the molecule is CCc1ccc(C(=O)NC[C@H]2CN(C(=O)OC(C)(C)C)C[C@@H]2O)cc1. The number of carbonyl (C=O) groups excluding carboxylic acids is 2. The molecule has 0 aromatic heterocycles. The van der Waals surface area contributed by atoms with Crippen molar-refractivity contribution in [3.8, 4) is 0 Å². The highest BCUT2D eigenvalue weighted by molar-refractivity contribution is 5.94. The number of benzene rings is 1. The van der Waals surface area contributed by atoms with Crippen LogP contribution in [-0.4, -0.2) is 53.3 Å². The van der Waals surface area contributed by atoms with Gasteiger partial charge in [-0.25, -0.2) is 4.79 Å². The van der Waals surface area contributed by atoms with Gasteiger partial charge in [0.05, 0.1) is 12.6 Å². The van der Waals surface area contributed by atoms with E-state index in [9.17, 15) is 14.7 Å². The molecule has 2 N–H and O–H groups in total. The Labute approximate surface area is 149 Å². The molecule has 1 aliphatic rings. The molecule has 0 aliphatic carbocycles. The number of β-amino-alcohol motifs (C(OH)–C–C–N with tert-alkyl or cyclic N) is 1. The monoisotopic (exact) mass is 348 g/mol. The Morgan fingerprint density at radius 3 is 2.44 bits per heavy atom. The molecular weight excluding hydrogens is 320 g/mol. The molecule has 25 heavy (non-hydrogen) atoms. The number of carbonyl (C=O) groups is 2. The number of aliphatic hydroxyl groups is 1. The molecule has 1 saturated heterocycles. The number of nitrogens with zero attached hydrogens (tertiary/aromatic N) is 1. The van der Waals surface area contributed by atoms with Crippen molar-refractivity contribution < 1.29 is 19.4 Å². The maximum absolute atomic E-state index is 12.2. The maximum atomic E-state index is 12.2. The molecule has 6 heteroatoms. The minimum Gasteiger partial charge on any atom is -0.444 e. The van der Waals surface area contributed by atoms with Crippen molar-refractivity contribution in [3.05, 3.63) is 35.4 Å². The molecule has 1 fully saturated rings. The topological polar surface area (TPSA) is 78.9 Å². The van der Waals surface area contributed by atoms with Gasteiger partial charge in [0.15, 0.2) is 0 Å². The van der Waals surface area contributed by atoms with Crippen molar-refractivity contribution in [1.29, 1.82) is 0 Å². The average molecular weight is 348 g/mol. The van der Waals surface area contributed by atoms with E-state index in [1.165, 1.54) is 10.5 Å². The van der Waals surface area contributed by atoms with Crippen molar-refractivity contribution in [2.24, 2.45) is 5.92 Å². The fourth-order valence-corrected chi connectivity index (χ4v) is 2.75. The molecule has 0 bridgehead atoms. The van der Waals surface area contributed by atoms with E-state index in [1.54, 1.807) is 32.9 Å². The van der Waals surface area contributed by atoms with Crippen molar-refractivity contribution in [2.45, 2.75) is 45.8 Å². The quantitative estimate of drug-likeness (QED) is 0.874. The van der Waals surface area contributed by atoms with Gasteiger partial charge in [-0.1, -0.05) is 19.1 Å². The summed E-state index contributed by atoms with van der Waals surface area (Å²) in [5.74, 6) is -0.378. The zero-order valence-electron chi connectivity index (χ0n) is 15.4. The summed E-state index contributed by atoms with van der Waals surface area (Å²) in [4.78, 5) is 25.8. The first-order chi connectivity index (χ1) is 11.7. The molecule has 6 nitrogen and oxygen atoms in total. The molecule has 1 heterocycles. The van der Waals surface area contributed by atoms with Crippen LogP contribution in [0.2, 0.25) is 0 Å². The minimum atomic E-state index is -0.671. The number of nitrogens with one attached hydrogen (secondary N) is 1. The van der Waals surface area contributed by atoms with Crippen LogP contribution in [0.25, 0.3) is 0 Å². The Hall–Kier alpha value is -2.08. The molecule has 0 saturated carbocycles. The molecule has 0 spiro atoms. The van der Waals surface area contributed by atoms with Crippen molar-refractivity contribution in [1.82, 2.24) is 10.2 Å². The molecule has 2 rings (SSSR count). The van der Waals surface area contributed by atoms with E-state index in [0.717, 1.165) is 6.42 Å². The van der Waals surface area contributed by atoms with Crippen LogP contribution >= 0.6 is 0 Å². The van der Waals surface area contributed by atoms with E-state index in [-0.39, 0.29) is 18.4 Å². The molecule has 2 amide bonds. The lowest BCUT2D eigenvalue weighted by Crippen LogP contribution is -2.36. The number of rotatable bonds is 4. The van der Waals surface area contributed by atoms with Crippen LogP contribution in [0.15, 0.2) is 24.3 Å². The standard InChI is InChI=1S/C19H28N2O4/c1-5-13-6-8-14(9-7-13)17(23)20-10-15-11-21(12-16(15)22)18(24)25-19(2,3)4/h6-9,15-16,22H,5,10-12H2,1-4H3,(H,20,23)/t15-,16-/m0/s1. The number of ether oxygens (including phenoxy) is 1. The molecule has 2 atom stereocenters. The Kier molecular flexibility index (Phi) is 6.06. The third-order valence-electron chi connectivity index (χ3n) is 4.21. The first-order valence-corrected chi connectivity index (χ1v) is 8.72. The van der Waals surface area contributed by atoms with Crippen LogP contribution in [-0.2, 0) is 11.2 Å². The second kappa shape index (κ2) is 7.87. The molecule has 138 valence electrons. The van der Waals surface area contributed by atoms with E-state index in [4.69, 9.17) is 4.74 Å². The first-order valence-electron chi connectivity index (χ1n) is 8.72. The van der Waals surface area contributed by atoms with E-state index in [2.05, 4.69) is 12.2 Å². The summed E-state index contributed by atoms with van der Waals surface area (Å²) >= 11 is 0. The van der Waals surface area contributed by atoms with Gasteiger partial charge in [0.1, 0.15) is 5.60 Å². The van der Waals surface area contributed by atoms with Crippen molar-refractivity contribution in [2.75, 3.05) is 19.6 Å². The van der Waals surface area contributed by atoms with Gasteiger partial charge in [-0.3, -0.25) is 4.79 Å². The zero-order chi connectivity index (χ0) is 18.6. The molecular formula is C19H28N2O4. The average Bonchev–Trinajstić information content (AvgIpc) is 2.92. The van der Waals surface area contributed by atoms with Crippen LogP contribution in [0.5, 0.6) is 0 Å². The van der Waals surface area contributed by atoms with Crippen LogP contribution < -0.4 is 5.32 Å². The van der Waals surface area contributed by atoms with Gasteiger partial charge in [0.25, 0.3) is 5.91 Å². The van der Waals surface area contributed by atoms with Crippen molar-refractivity contribution in [3.63, 3.8) is 0 Å². The first kappa shape index (κ1) is 19.2. The summed E-state index contributed by atoms with van der Waals surface area (Å²) < 4.78 is 5.32. The van der Waals surface area contributed by atoms with Gasteiger partial charge in [0, 0.05) is 24.6 Å². The highest BCUT2D eigenvalue weighted by atomic mass is 16.6. The molecule has 1 aliphatic heterocycles. The predicted molar refractivity (Wildman–Crippen MR) is 95.5 cm³/mol. The number of hydrogen-bond donors (Lipinski definition) is 2. The Bertz CT molecular complexity index is 607. The van der Waals surface area contributed by atoms with Crippen LogP contribution in [0.4, 0.5) is 4.79 Å². The number of likely N-dealkylation sites (tertiary alicyclic amines) is 1. The number of aryl methyl sites for hydroxylation is 1. The van der Waals surface area contributed by atoms with Gasteiger partial charge in [-0.05, 0) is 44.9 Å². The Morgan fingerprint density at radius 1 is 1.24 bits per heavy atom. The predicted octanol–water partition coefficient (Wildman–Crippen LogP) is 2.21. The van der Waals surface area contributed by atoms with Gasteiger partial charge in [0.2, 0.25) is 0 Å². The highest BCUT2D eigenvalue weighted by Gasteiger charge is 2.36.